The van der Waals surface area contributed by atoms with Crippen LogP contribution in [0.3, 0.4) is 0 Å². The molecule has 1 aromatic heterocycles. The molecule has 5 heteroatoms. The number of hydrogen-bond acceptors (Lipinski definition) is 5. The van der Waals surface area contributed by atoms with E-state index in [4.69, 9.17) is 13.9 Å². The second-order valence-corrected chi connectivity index (χ2v) is 5.59. The van der Waals surface area contributed by atoms with E-state index >= 15 is 0 Å². The van der Waals surface area contributed by atoms with Crippen LogP contribution in [0.25, 0.3) is 11.0 Å². The number of hydrogen-bond donors (Lipinski definition) is 0. The van der Waals surface area contributed by atoms with Crippen LogP contribution >= 0.6 is 0 Å². The largest absolute Gasteiger partial charge is 0.497 e. The Morgan fingerprint density at radius 1 is 1.08 bits per heavy atom. The van der Waals surface area contributed by atoms with Crippen molar-refractivity contribution in [2.24, 2.45) is 0 Å². The third-order valence-corrected chi connectivity index (χ3v) is 4.14. The van der Waals surface area contributed by atoms with E-state index in [-0.39, 0.29) is 11.2 Å². The van der Waals surface area contributed by atoms with E-state index in [0.717, 1.165) is 0 Å². The lowest BCUT2D eigenvalue weighted by Gasteiger charge is -2.01. The third kappa shape index (κ3) is 2.39. The zero-order chi connectivity index (χ0) is 16.7. The fourth-order valence-corrected chi connectivity index (χ4v) is 2.76. The predicted molar refractivity (Wildman–Crippen MR) is 87.4 cm³/mol. The Labute approximate surface area is 137 Å². The number of ketones is 1. The SMILES string of the molecule is COc1ccc(C(=O)[C@@H]2O[C@@H]2c2coc3ccccc3c2=O)cc1. The number of benzene rings is 2. The first kappa shape index (κ1) is 14.7. The van der Waals surface area contributed by atoms with Crippen molar-refractivity contribution in [3.63, 3.8) is 0 Å². The van der Waals surface area contributed by atoms with Crippen molar-refractivity contribution in [1.29, 1.82) is 0 Å². The summed E-state index contributed by atoms with van der Waals surface area (Å²) in [6.07, 6.45) is 0.180. The molecular formula is C19H14O5. The first-order valence-electron chi connectivity index (χ1n) is 7.53. The minimum Gasteiger partial charge on any atom is -0.497 e. The molecule has 0 spiro atoms. The standard InChI is InChI=1S/C19H14O5/c1-22-12-8-6-11(7-9-12)16(20)19-18(24-19)14-10-23-15-5-3-2-4-13(15)17(14)21/h2-10,18-19H,1H3/t18-,19+/m1/s1. The Morgan fingerprint density at radius 3 is 2.58 bits per heavy atom. The van der Waals surface area contributed by atoms with E-state index in [1.165, 1.54) is 6.26 Å². The first-order valence-corrected chi connectivity index (χ1v) is 7.53. The monoisotopic (exact) mass is 322 g/mol. The van der Waals surface area contributed by atoms with E-state index in [1.54, 1.807) is 55.6 Å². The van der Waals surface area contributed by atoms with Crippen LogP contribution in [-0.4, -0.2) is 19.0 Å². The quantitative estimate of drug-likeness (QED) is 0.545. The van der Waals surface area contributed by atoms with Gasteiger partial charge in [-0.2, -0.15) is 0 Å². The summed E-state index contributed by atoms with van der Waals surface area (Å²) in [6.45, 7) is 0. The third-order valence-electron chi connectivity index (χ3n) is 4.14. The van der Waals surface area contributed by atoms with Crippen molar-refractivity contribution in [3.05, 3.63) is 76.1 Å². The molecule has 1 fully saturated rings. The first-order chi connectivity index (χ1) is 11.7. The summed E-state index contributed by atoms with van der Waals surface area (Å²) in [5, 5.41) is 0.487. The highest BCUT2D eigenvalue weighted by atomic mass is 16.6. The summed E-state index contributed by atoms with van der Waals surface area (Å²) in [5.41, 5.74) is 1.26. The number of rotatable bonds is 4. The lowest BCUT2D eigenvalue weighted by molar-refractivity contribution is 0.0953. The maximum Gasteiger partial charge on any atom is 0.198 e. The van der Waals surface area contributed by atoms with Gasteiger partial charge < -0.3 is 13.9 Å². The van der Waals surface area contributed by atoms with Gasteiger partial charge in [0.25, 0.3) is 0 Å². The van der Waals surface area contributed by atoms with Crippen LogP contribution < -0.4 is 10.2 Å². The Morgan fingerprint density at radius 2 is 1.83 bits per heavy atom. The molecule has 0 saturated carbocycles. The van der Waals surface area contributed by atoms with Crippen LogP contribution in [0.4, 0.5) is 0 Å². The lowest BCUT2D eigenvalue weighted by atomic mass is 10.0. The Bertz CT molecular complexity index is 971. The molecule has 5 nitrogen and oxygen atoms in total. The van der Waals surface area contributed by atoms with Crippen LogP contribution in [0.15, 0.2) is 64.0 Å². The van der Waals surface area contributed by atoms with Gasteiger partial charge in [-0.15, -0.1) is 0 Å². The fraction of sp³-hybridized carbons (Fsp3) is 0.158. The van der Waals surface area contributed by atoms with Gasteiger partial charge in [-0.3, -0.25) is 9.59 Å². The second kappa shape index (κ2) is 5.62. The molecule has 1 aliphatic heterocycles. The Balaban J connectivity index is 1.61. The number of carbonyl (C=O) groups is 1. The van der Waals surface area contributed by atoms with Crippen LogP contribution in [-0.2, 0) is 4.74 Å². The van der Waals surface area contributed by atoms with Gasteiger partial charge in [0, 0.05) is 5.56 Å². The zero-order valence-corrected chi connectivity index (χ0v) is 12.9. The predicted octanol–water partition coefficient (Wildman–Crippen LogP) is 3.12. The van der Waals surface area contributed by atoms with Gasteiger partial charge in [-0.1, -0.05) is 12.1 Å². The molecule has 1 aliphatic rings. The number of methoxy groups -OCH3 is 1. The fourth-order valence-electron chi connectivity index (χ4n) is 2.76. The van der Waals surface area contributed by atoms with Crippen LogP contribution in [0, 0.1) is 0 Å². The summed E-state index contributed by atoms with van der Waals surface area (Å²) >= 11 is 0. The maximum atomic E-state index is 12.5. The van der Waals surface area contributed by atoms with E-state index in [9.17, 15) is 9.59 Å². The number of Topliss-reactive ketones (excluding diaryl/α,β-unsaturated/α-hetero) is 1. The van der Waals surface area contributed by atoms with Crippen molar-refractivity contribution < 1.29 is 18.7 Å². The molecule has 0 unspecified atom stereocenters. The molecule has 2 heterocycles. The second-order valence-electron chi connectivity index (χ2n) is 5.59. The lowest BCUT2D eigenvalue weighted by Crippen LogP contribution is -2.13. The van der Waals surface area contributed by atoms with Crippen molar-refractivity contribution in [2.75, 3.05) is 7.11 Å². The van der Waals surface area contributed by atoms with Gasteiger partial charge in [0.15, 0.2) is 17.3 Å². The molecule has 2 atom stereocenters. The number of fused-ring (bicyclic) bond motifs is 1. The molecule has 4 rings (SSSR count). The molecule has 0 radical (unpaired) electrons. The highest BCUT2D eigenvalue weighted by Gasteiger charge is 2.48. The summed E-state index contributed by atoms with van der Waals surface area (Å²) < 4.78 is 16.0. The van der Waals surface area contributed by atoms with Crippen molar-refractivity contribution in [1.82, 2.24) is 0 Å². The van der Waals surface area contributed by atoms with Crippen LogP contribution in [0.2, 0.25) is 0 Å². The Kier molecular flexibility index (Phi) is 3.43. The number of ether oxygens (including phenoxy) is 2. The van der Waals surface area contributed by atoms with E-state index in [2.05, 4.69) is 0 Å². The highest BCUT2D eigenvalue weighted by molar-refractivity contribution is 6.01. The van der Waals surface area contributed by atoms with Crippen LogP contribution in [0.5, 0.6) is 5.75 Å². The molecule has 0 amide bonds. The summed E-state index contributed by atoms with van der Waals surface area (Å²) in [5.74, 6) is 0.519. The van der Waals surface area contributed by atoms with Crippen molar-refractivity contribution in [3.8, 4) is 5.75 Å². The van der Waals surface area contributed by atoms with E-state index in [0.29, 0.717) is 27.8 Å². The molecule has 2 aromatic carbocycles. The van der Waals surface area contributed by atoms with Gasteiger partial charge in [0.2, 0.25) is 0 Å². The minimum atomic E-state index is -0.651. The molecule has 1 saturated heterocycles. The molecule has 0 aliphatic carbocycles. The highest BCUT2D eigenvalue weighted by Crippen LogP contribution is 2.39. The van der Waals surface area contributed by atoms with Crippen molar-refractivity contribution in [2.45, 2.75) is 12.2 Å². The Hall–Kier alpha value is -2.92. The molecule has 0 bridgehead atoms. The molecule has 24 heavy (non-hydrogen) atoms. The van der Waals surface area contributed by atoms with Gasteiger partial charge >= 0.3 is 0 Å². The minimum absolute atomic E-state index is 0.157. The maximum absolute atomic E-state index is 12.5. The summed E-state index contributed by atoms with van der Waals surface area (Å²) in [4.78, 5) is 25.0. The topological polar surface area (TPSA) is 69.0 Å². The number of carbonyl (C=O) groups excluding carboxylic acids is 1. The van der Waals surface area contributed by atoms with E-state index in [1.807, 2.05) is 0 Å². The molecule has 0 N–H and O–H groups in total. The zero-order valence-electron chi connectivity index (χ0n) is 12.9. The average molecular weight is 322 g/mol. The summed E-state index contributed by atoms with van der Waals surface area (Å²) in [6, 6.07) is 13.8. The van der Waals surface area contributed by atoms with Gasteiger partial charge in [0.05, 0.1) is 18.1 Å². The van der Waals surface area contributed by atoms with Gasteiger partial charge in [0.1, 0.15) is 23.7 Å². The normalized spacial score (nSPS) is 19.2. The van der Waals surface area contributed by atoms with Gasteiger partial charge in [-0.05, 0) is 36.4 Å². The smallest absolute Gasteiger partial charge is 0.198 e. The number of epoxide rings is 1. The molecule has 120 valence electrons. The summed E-state index contributed by atoms with van der Waals surface area (Å²) in [7, 11) is 1.57. The molecule has 3 aromatic rings. The number of para-hydroxylation sites is 1. The van der Waals surface area contributed by atoms with Crippen LogP contribution in [0.1, 0.15) is 22.0 Å². The van der Waals surface area contributed by atoms with Gasteiger partial charge in [-0.25, -0.2) is 0 Å². The molecular weight excluding hydrogens is 308 g/mol. The van der Waals surface area contributed by atoms with E-state index < -0.39 is 12.2 Å². The average Bonchev–Trinajstić information content (AvgIpc) is 3.42. The van der Waals surface area contributed by atoms with Crippen molar-refractivity contribution >= 4 is 16.8 Å².